The van der Waals surface area contributed by atoms with Crippen molar-refractivity contribution in [1.82, 2.24) is 39.2 Å². The lowest BCUT2D eigenvalue weighted by Gasteiger charge is -2.24. The summed E-state index contributed by atoms with van der Waals surface area (Å²) >= 11 is 0. The van der Waals surface area contributed by atoms with Crippen molar-refractivity contribution >= 4 is 22.1 Å². The summed E-state index contributed by atoms with van der Waals surface area (Å²) in [6.45, 7) is 9.24. The van der Waals surface area contributed by atoms with E-state index in [1.54, 1.807) is 0 Å². The highest BCUT2D eigenvalue weighted by atomic mass is 15.3. The van der Waals surface area contributed by atoms with Gasteiger partial charge in [0.15, 0.2) is 0 Å². The van der Waals surface area contributed by atoms with Crippen LogP contribution >= 0.6 is 0 Å². The predicted octanol–water partition coefficient (Wildman–Crippen LogP) is 4.17. The van der Waals surface area contributed by atoms with Crippen molar-refractivity contribution < 1.29 is 0 Å². The highest BCUT2D eigenvalue weighted by Gasteiger charge is 2.20. The quantitative estimate of drug-likeness (QED) is 0.468. The third kappa shape index (κ3) is 2.86. The summed E-state index contributed by atoms with van der Waals surface area (Å²) in [4.78, 5) is 19.8. The molecule has 0 amide bonds. The van der Waals surface area contributed by atoms with Gasteiger partial charge >= 0.3 is 0 Å². The number of pyridine rings is 2. The highest BCUT2D eigenvalue weighted by Crippen LogP contribution is 2.33. The van der Waals surface area contributed by atoms with Crippen molar-refractivity contribution in [2.45, 2.75) is 39.9 Å². The van der Waals surface area contributed by atoms with Gasteiger partial charge in [0.25, 0.3) is 0 Å². The first-order valence-electron chi connectivity index (χ1n) is 11.1. The molecule has 8 nitrogen and oxygen atoms in total. The molecular weight excluding hydrogens is 400 g/mol. The SMILES string of the molecule is Cc1nc2cnc(-c3c[nH]c4ncc(-c5cnn6c5CN(C)CC6)cc34)cc2n1C(C)C. The molecule has 0 radical (unpaired) electrons. The number of hydrogen-bond acceptors (Lipinski definition) is 5. The molecule has 32 heavy (non-hydrogen) atoms. The summed E-state index contributed by atoms with van der Waals surface area (Å²) in [7, 11) is 2.15. The van der Waals surface area contributed by atoms with E-state index in [0.717, 1.165) is 69.9 Å². The molecule has 6 heterocycles. The minimum Gasteiger partial charge on any atom is -0.345 e. The van der Waals surface area contributed by atoms with E-state index in [9.17, 15) is 0 Å². The fraction of sp³-hybridized carbons (Fsp3) is 0.333. The zero-order chi connectivity index (χ0) is 22.0. The van der Waals surface area contributed by atoms with E-state index in [4.69, 9.17) is 9.97 Å². The molecule has 0 bridgehead atoms. The molecule has 0 atom stereocenters. The lowest BCUT2D eigenvalue weighted by molar-refractivity contribution is 0.259. The summed E-state index contributed by atoms with van der Waals surface area (Å²) in [5.74, 6) is 1.01. The monoisotopic (exact) mass is 426 g/mol. The number of hydrogen-bond donors (Lipinski definition) is 1. The number of likely N-dealkylation sites (N-methyl/N-ethyl adjacent to an activating group) is 1. The van der Waals surface area contributed by atoms with Crippen molar-refractivity contribution in [3.8, 4) is 22.4 Å². The number of aromatic nitrogens is 7. The van der Waals surface area contributed by atoms with Gasteiger partial charge in [-0.3, -0.25) is 14.6 Å². The number of nitrogens with zero attached hydrogens (tertiary/aromatic N) is 7. The van der Waals surface area contributed by atoms with E-state index >= 15 is 0 Å². The molecule has 0 spiro atoms. The van der Waals surface area contributed by atoms with Crippen LogP contribution < -0.4 is 0 Å². The summed E-state index contributed by atoms with van der Waals surface area (Å²) in [6.07, 6.45) is 7.78. The Kier molecular flexibility index (Phi) is 4.19. The smallest absolute Gasteiger partial charge is 0.137 e. The third-order valence-electron chi connectivity index (χ3n) is 6.45. The third-order valence-corrected chi connectivity index (χ3v) is 6.45. The topological polar surface area (TPSA) is 80.4 Å². The molecule has 1 aliphatic heterocycles. The molecule has 1 aliphatic rings. The maximum Gasteiger partial charge on any atom is 0.137 e. The molecule has 8 heteroatoms. The van der Waals surface area contributed by atoms with Gasteiger partial charge in [-0.25, -0.2) is 9.97 Å². The average molecular weight is 427 g/mol. The second-order valence-corrected chi connectivity index (χ2v) is 8.97. The Balaban J connectivity index is 1.49. The number of nitrogens with one attached hydrogen (secondary N) is 1. The molecule has 6 rings (SSSR count). The van der Waals surface area contributed by atoms with E-state index in [0.29, 0.717) is 6.04 Å². The van der Waals surface area contributed by atoms with E-state index < -0.39 is 0 Å². The number of rotatable bonds is 3. The van der Waals surface area contributed by atoms with Crippen molar-refractivity contribution in [2.24, 2.45) is 0 Å². The molecule has 0 saturated heterocycles. The van der Waals surface area contributed by atoms with Crippen LogP contribution in [-0.4, -0.2) is 52.8 Å². The second kappa shape index (κ2) is 7.00. The van der Waals surface area contributed by atoms with Gasteiger partial charge in [-0.15, -0.1) is 0 Å². The van der Waals surface area contributed by atoms with Crippen LogP contribution in [0.4, 0.5) is 0 Å². The second-order valence-electron chi connectivity index (χ2n) is 8.97. The van der Waals surface area contributed by atoms with Gasteiger partial charge < -0.3 is 9.55 Å². The predicted molar refractivity (Wildman–Crippen MR) is 125 cm³/mol. The van der Waals surface area contributed by atoms with Crippen molar-refractivity contribution in [3.63, 3.8) is 0 Å². The van der Waals surface area contributed by atoms with Crippen molar-refractivity contribution in [2.75, 3.05) is 13.6 Å². The number of imidazole rings is 1. The van der Waals surface area contributed by atoms with Crippen LogP contribution in [0.1, 0.15) is 31.4 Å². The zero-order valence-electron chi connectivity index (χ0n) is 18.8. The summed E-state index contributed by atoms with van der Waals surface area (Å²) in [6, 6.07) is 4.68. The van der Waals surface area contributed by atoms with Gasteiger partial charge in [0, 0.05) is 53.6 Å². The molecule has 0 saturated carbocycles. The van der Waals surface area contributed by atoms with Gasteiger partial charge in [0.1, 0.15) is 17.0 Å². The van der Waals surface area contributed by atoms with Gasteiger partial charge in [-0.2, -0.15) is 5.10 Å². The molecule has 0 aliphatic carbocycles. The Labute approximate surface area is 185 Å². The summed E-state index contributed by atoms with van der Waals surface area (Å²) < 4.78 is 4.37. The van der Waals surface area contributed by atoms with E-state index in [1.807, 2.05) is 31.7 Å². The number of fused-ring (bicyclic) bond motifs is 3. The largest absolute Gasteiger partial charge is 0.345 e. The molecule has 0 aromatic carbocycles. The standard InChI is InChI=1S/C24H26N8/c1-14(2)32-15(3)29-21-12-25-20(8-22(21)32)19-10-27-24-17(19)7-16(9-26-24)18-11-28-31-6-5-30(4)13-23(18)31/h7-12,14H,5-6,13H2,1-4H3,(H,26,27). The Hall–Kier alpha value is -3.52. The van der Waals surface area contributed by atoms with Gasteiger partial charge in [0.2, 0.25) is 0 Å². The van der Waals surface area contributed by atoms with E-state index in [2.05, 4.69) is 62.2 Å². The average Bonchev–Trinajstić information content (AvgIpc) is 3.46. The molecule has 0 fully saturated rings. The van der Waals surface area contributed by atoms with Crippen LogP contribution in [0.25, 0.3) is 44.5 Å². The minimum absolute atomic E-state index is 0.332. The van der Waals surface area contributed by atoms with E-state index in [1.165, 1.54) is 5.69 Å². The highest BCUT2D eigenvalue weighted by molar-refractivity contribution is 5.96. The maximum atomic E-state index is 4.74. The normalized spacial score (nSPS) is 14.7. The van der Waals surface area contributed by atoms with Crippen LogP contribution in [0.3, 0.4) is 0 Å². The lowest BCUT2D eigenvalue weighted by atomic mass is 10.0. The molecule has 1 N–H and O–H groups in total. The van der Waals surface area contributed by atoms with Crippen molar-refractivity contribution in [3.05, 3.63) is 48.4 Å². The van der Waals surface area contributed by atoms with Gasteiger partial charge in [0.05, 0.1) is 35.8 Å². The lowest BCUT2D eigenvalue weighted by Crippen LogP contribution is -2.30. The number of aromatic amines is 1. The van der Waals surface area contributed by atoms with Crippen LogP contribution in [0.5, 0.6) is 0 Å². The maximum absolute atomic E-state index is 4.74. The summed E-state index contributed by atoms with van der Waals surface area (Å²) in [5.41, 5.74) is 8.33. The molecule has 5 aromatic rings. The van der Waals surface area contributed by atoms with Crippen LogP contribution in [0.2, 0.25) is 0 Å². The first-order valence-corrected chi connectivity index (χ1v) is 11.1. The van der Waals surface area contributed by atoms with Crippen molar-refractivity contribution in [1.29, 1.82) is 0 Å². The number of H-pyrrole nitrogens is 1. The minimum atomic E-state index is 0.332. The fourth-order valence-electron chi connectivity index (χ4n) is 4.89. The van der Waals surface area contributed by atoms with Crippen LogP contribution in [0, 0.1) is 6.92 Å². The van der Waals surface area contributed by atoms with Gasteiger partial charge in [-0.1, -0.05) is 0 Å². The Morgan fingerprint density at radius 3 is 2.75 bits per heavy atom. The van der Waals surface area contributed by atoms with Crippen LogP contribution in [0.15, 0.2) is 36.9 Å². The Morgan fingerprint density at radius 2 is 1.91 bits per heavy atom. The zero-order valence-corrected chi connectivity index (χ0v) is 18.8. The Bertz CT molecular complexity index is 1470. The first-order chi connectivity index (χ1) is 15.5. The molecular formula is C24H26N8. The van der Waals surface area contributed by atoms with Crippen LogP contribution in [-0.2, 0) is 13.1 Å². The summed E-state index contributed by atoms with van der Waals surface area (Å²) in [5, 5.41) is 5.67. The van der Waals surface area contributed by atoms with E-state index in [-0.39, 0.29) is 0 Å². The first kappa shape index (κ1) is 19.2. The number of aryl methyl sites for hydroxylation is 1. The van der Waals surface area contributed by atoms with Gasteiger partial charge in [-0.05, 0) is 40.0 Å². The Morgan fingerprint density at radius 1 is 1.03 bits per heavy atom. The molecule has 0 unspecified atom stereocenters. The molecule has 162 valence electrons. The fourth-order valence-corrected chi connectivity index (χ4v) is 4.89. The molecule has 5 aromatic heterocycles.